The molecule has 0 fully saturated rings. The van der Waals surface area contributed by atoms with E-state index in [1.165, 1.54) is 0 Å². The van der Waals surface area contributed by atoms with Crippen LogP contribution in [0.25, 0.3) is 5.69 Å². The highest BCUT2D eigenvalue weighted by Gasteiger charge is 2.38. The van der Waals surface area contributed by atoms with Crippen LogP contribution >= 0.6 is 0 Å². The van der Waals surface area contributed by atoms with Gasteiger partial charge >= 0.3 is 18.0 Å². The van der Waals surface area contributed by atoms with Gasteiger partial charge in [0.2, 0.25) is 5.82 Å². The summed E-state index contributed by atoms with van der Waals surface area (Å²) in [5.74, 6) is -1.54. The van der Waals surface area contributed by atoms with Gasteiger partial charge in [0.25, 0.3) is 0 Å². The molecule has 0 aliphatic carbocycles. The first-order chi connectivity index (χ1) is 9.10. The van der Waals surface area contributed by atoms with E-state index in [0.29, 0.717) is 12.1 Å². The number of hydrogen-bond acceptors (Lipinski definition) is 2. The van der Waals surface area contributed by atoms with Crippen molar-refractivity contribution in [3.05, 3.63) is 46.1 Å². The fourth-order valence-electron chi connectivity index (χ4n) is 1.53. The predicted molar refractivity (Wildman–Crippen MR) is 54.2 cm³/mol. The molecule has 0 atom stereocenters. The van der Waals surface area contributed by atoms with Crippen LogP contribution in [0.5, 0.6) is 0 Å². The maximum atomic E-state index is 12.6. The zero-order chi connectivity index (χ0) is 15.1. The molecular weight excluding hydrogens is 292 g/mol. The highest BCUT2D eigenvalue weighted by atomic mass is 19.4. The van der Waals surface area contributed by atoms with Crippen molar-refractivity contribution < 1.29 is 26.3 Å². The van der Waals surface area contributed by atoms with Crippen LogP contribution in [0.3, 0.4) is 0 Å². The summed E-state index contributed by atoms with van der Waals surface area (Å²) >= 11 is 0. The lowest BCUT2D eigenvalue weighted by molar-refractivity contribution is -0.146. The molecule has 0 aliphatic rings. The molecule has 20 heavy (non-hydrogen) atoms. The standard InChI is InChI=1S/C10H5F6N3O/c11-9(12,13)5-1-3-6(4-2-5)19-7(10(14,15)16)17-18-8(19)20/h1-4H,(H,18,20). The number of aromatic amines is 1. The average molecular weight is 297 g/mol. The van der Waals surface area contributed by atoms with Gasteiger partial charge in [-0.3, -0.25) is 0 Å². The molecule has 2 aromatic rings. The van der Waals surface area contributed by atoms with Crippen LogP contribution in [-0.4, -0.2) is 14.8 Å². The van der Waals surface area contributed by atoms with Gasteiger partial charge in [-0.05, 0) is 24.3 Å². The first-order valence-electron chi connectivity index (χ1n) is 5.03. The molecule has 10 heteroatoms. The molecule has 0 bridgehead atoms. The second kappa shape index (κ2) is 4.39. The van der Waals surface area contributed by atoms with E-state index in [9.17, 15) is 31.1 Å². The lowest BCUT2D eigenvalue weighted by atomic mass is 10.2. The maximum Gasteiger partial charge on any atom is 0.452 e. The molecule has 1 N–H and O–H groups in total. The molecule has 0 radical (unpaired) electrons. The summed E-state index contributed by atoms with van der Waals surface area (Å²) in [7, 11) is 0. The summed E-state index contributed by atoms with van der Waals surface area (Å²) in [5, 5.41) is 4.42. The molecule has 1 heterocycles. The number of halogens is 6. The third kappa shape index (κ3) is 2.53. The summed E-state index contributed by atoms with van der Waals surface area (Å²) in [6.07, 6.45) is -9.53. The Morgan fingerprint density at radius 1 is 0.950 bits per heavy atom. The second-order valence-electron chi connectivity index (χ2n) is 3.73. The Morgan fingerprint density at radius 2 is 1.50 bits per heavy atom. The molecule has 2 rings (SSSR count). The number of nitrogens with zero attached hydrogens (tertiary/aromatic N) is 2. The summed E-state index contributed by atoms with van der Waals surface area (Å²) in [4.78, 5) is 11.3. The molecule has 0 aliphatic heterocycles. The quantitative estimate of drug-likeness (QED) is 0.823. The third-order valence-corrected chi connectivity index (χ3v) is 2.38. The zero-order valence-electron chi connectivity index (χ0n) is 9.38. The monoisotopic (exact) mass is 297 g/mol. The molecule has 0 amide bonds. The van der Waals surface area contributed by atoms with Crippen LogP contribution in [0.2, 0.25) is 0 Å². The topological polar surface area (TPSA) is 50.7 Å². The summed E-state index contributed by atoms with van der Waals surface area (Å²) < 4.78 is 75.0. The first-order valence-corrected chi connectivity index (χ1v) is 5.03. The van der Waals surface area contributed by atoms with E-state index < -0.39 is 29.4 Å². The van der Waals surface area contributed by atoms with E-state index >= 15 is 0 Å². The van der Waals surface area contributed by atoms with Crippen LogP contribution in [0.15, 0.2) is 29.1 Å². The lowest BCUT2D eigenvalue weighted by Gasteiger charge is -2.10. The largest absolute Gasteiger partial charge is 0.452 e. The van der Waals surface area contributed by atoms with E-state index in [0.717, 1.165) is 12.1 Å². The van der Waals surface area contributed by atoms with Gasteiger partial charge in [-0.25, -0.2) is 14.5 Å². The molecule has 0 unspecified atom stereocenters. The smallest absolute Gasteiger partial charge is 0.246 e. The van der Waals surface area contributed by atoms with Gasteiger partial charge in [-0.1, -0.05) is 0 Å². The lowest BCUT2D eigenvalue weighted by Crippen LogP contribution is -2.21. The van der Waals surface area contributed by atoms with Crippen LogP contribution in [0, 0.1) is 0 Å². The SMILES string of the molecule is O=c1[nH]nc(C(F)(F)F)n1-c1ccc(C(F)(F)F)cc1. The molecule has 4 nitrogen and oxygen atoms in total. The van der Waals surface area contributed by atoms with Gasteiger partial charge in [-0.15, -0.1) is 5.10 Å². The minimum Gasteiger partial charge on any atom is -0.246 e. The van der Waals surface area contributed by atoms with E-state index in [1.807, 2.05) is 0 Å². The van der Waals surface area contributed by atoms with Crippen molar-refractivity contribution in [3.8, 4) is 5.69 Å². The maximum absolute atomic E-state index is 12.6. The molecule has 1 aromatic carbocycles. The Morgan fingerprint density at radius 3 is 1.95 bits per heavy atom. The van der Waals surface area contributed by atoms with E-state index in [4.69, 9.17) is 0 Å². The van der Waals surface area contributed by atoms with Crippen LogP contribution in [0.4, 0.5) is 26.3 Å². The number of hydrogen-bond donors (Lipinski definition) is 1. The fourth-order valence-corrected chi connectivity index (χ4v) is 1.53. The second-order valence-corrected chi connectivity index (χ2v) is 3.73. The van der Waals surface area contributed by atoms with E-state index in [-0.39, 0.29) is 10.3 Å². The minimum absolute atomic E-state index is 0.153. The zero-order valence-corrected chi connectivity index (χ0v) is 9.38. The Labute approximate surface area is 106 Å². The number of nitrogens with one attached hydrogen (secondary N) is 1. The number of aromatic nitrogens is 3. The number of rotatable bonds is 1. The molecule has 0 saturated carbocycles. The molecule has 0 spiro atoms. The van der Waals surface area contributed by atoms with Crippen molar-refractivity contribution in [2.24, 2.45) is 0 Å². The summed E-state index contributed by atoms with van der Waals surface area (Å²) in [6.45, 7) is 0. The highest BCUT2D eigenvalue weighted by molar-refractivity contribution is 5.36. The molecular formula is C10H5F6N3O. The Bertz CT molecular complexity index is 664. The van der Waals surface area contributed by atoms with Crippen LogP contribution < -0.4 is 5.69 Å². The molecule has 0 saturated heterocycles. The van der Waals surface area contributed by atoms with Gasteiger partial charge in [-0.2, -0.15) is 26.3 Å². The van der Waals surface area contributed by atoms with Gasteiger partial charge in [0.05, 0.1) is 11.3 Å². The average Bonchev–Trinajstić information content (AvgIpc) is 2.70. The summed E-state index contributed by atoms with van der Waals surface area (Å²) in [5.41, 5.74) is -2.60. The van der Waals surface area contributed by atoms with Gasteiger partial charge in [0.15, 0.2) is 0 Å². The Hall–Kier alpha value is -2.26. The van der Waals surface area contributed by atoms with Crippen molar-refractivity contribution in [2.75, 3.05) is 0 Å². The number of alkyl halides is 6. The number of benzene rings is 1. The Balaban J connectivity index is 2.53. The minimum atomic E-state index is -4.91. The first kappa shape index (κ1) is 14.2. The van der Waals surface area contributed by atoms with Gasteiger partial charge < -0.3 is 0 Å². The Kier molecular flexibility index (Phi) is 3.11. The highest BCUT2D eigenvalue weighted by Crippen LogP contribution is 2.31. The predicted octanol–water partition coefficient (Wildman–Crippen LogP) is 2.60. The summed E-state index contributed by atoms with van der Waals surface area (Å²) in [6, 6.07) is 2.67. The van der Waals surface area contributed by atoms with Crippen molar-refractivity contribution in [1.82, 2.24) is 14.8 Å². The van der Waals surface area contributed by atoms with Crippen LogP contribution in [0.1, 0.15) is 11.4 Å². The third-order valence-electron chi connectivity index (χ3n) is 2.38. The van der Waals surface area contributed by atoms with E-state index in [2.05, 4.69) is 5.10 Å². The number of H-pyrrole nitrogens is 1. The molecule has 108 valence electrons. The fraction of sp³-hybridized carbons (Fsp3) is 0.200. The van der Waals surface area contributed by atoms with Gasteiger partial charge in [0, 0.05) is 0 Å². The van der Waals surface area contributed by atoms with Crippen molar-refractivity contribution in [2.45, 2.75) is 12.4 Å². The normalized spacial score (nSPS) is 12.7. The van der Waals surface area contributed by atoms with Crippen molar-refractivity contribution in [1.29, 1.82) is 0 Å². The van der Waals surface area contributed by atoms with Crippen LogP contribution in [-0.2, 0) is 12.4 Å². The molecule has 1 aromatic heterocycles. The van der Waals surface area contributed by atoms with Crippen molar-refractivity contribution in [3.63, 3.8) is 0 Å². The van der Waals surface area contributed by atoms with E-state index in [1.54, 1.807) is 5.10 Å². The van der Waals surface area contributed by atoms with Crippen molar-refractivity contribution >= 4 is 0 Å². The van der Waals surface area contributed by atoms with Gasteiger partial charge in [0.1, 0.15) is 0 Å².